The lowest BCUT2D eigenvalue weighted by atomic mass is 9.60. The fourth-order valence-corrected chi connectivity index (χ4v) is 3.61. The van der Waals surface area contributed by atoms with Crippen LogP contribution >= 0.6 is 0 Å². The van der Waals surface area contributed by atoms with Crippen molar-refractivity contribution in [2.24, 2.45) is 5.41 Å². The first-order valence-electron chi connectivity index (χ1n) is 7.40. The first kappa shape index (κ1) is 15.1. The molecule has 1 spiro atoms. The summed E-state index contributed by atoms with van der Waals surface area (Å²) < 4.78 is 42.0. The number of rotatable bonds is 6. The zero-order valence-electron chi connectivity index (χ0n) is 11.6. The smallest absolute Gasteiger partial charge is 0.377 e. The summed E-state index contributed by atoms with van der Waals surface area (Å²) in [6, 6.07) is 0.450. The van der Waals surface area contributed by atoms with E-state index in [4.69, 9.17) is 4.74 Å². The van der Waals surface area contributed by atoms with E-state index in [2.05, 4.69) is 12.2 Å². The Hall–Kier alpha value is -0.290. The van der Waals surface area contributed by atoms with Gasteiger partial charge in [0, 0.05) is 11.5 Å². The maximum absolute atomic E-state index is 12.1. The van der Waals surface area contributed by atoms with Gasteiger partial charge in [-0.25, -0.2) is 0 Å². The summed E-state index contributed by atoms with van der Waals surface area (Å²) in [7, 11) is 0. The van der Waals surface area contributed by atoms with E-state index in [0.29, 0.717) is 6.04 Å². The number of ether oxygens (including phenoxy) is 1. The van der Waals surface area contributed by atoms with Crippen LogP contribution in [0.3, 0.4) is 0 Å². The summed E-state index contributed by atoms with van der Waals surface area (Å²) in [4.78, 5) is 0. The summed E-state index contributed by atoms with van der Waals surface area (Å²) in [5, 5.41) is 3.54. The van der Waals surface area contributed by atoms with Crippen molar-refractivity contribution in [2.45, 2.75) is 70.2 Å². The minimum absolute atomic E-state index is 0.0340. The highest BCUT2D eigenvalue weighted by Gasteiger charge is 2.56. The van der Waals surface area contributed by atoms with Gasteiger partial charge in [-0.3, -0.25) is 0 Å². The van der Waals surface area contributed by atoms with Crippen molar-refractivity contribution in [3.05, 3.63) is 0 Å². The van der Waals surface area contributed by atoms with Crippen molar-refractivity contribution in [1.29, 1.82) is 0 Å². The van der Waals surface area contributed by atoms with Gasteiger partial charge in [0.05, 0.1) is 19.1 Å². The number of alkyl halides is 3. The number of nitrogens with one attached hydrogen (secondary N) is 1. The van der Waals surface area contributed by atoms with Crippen molar-refractivity contribution in [1.82, 2.24) is 5.32 Å². The first-order chi connectivity index (χ1) is 8.98. The molecule has 0 amide bonds. The van der Waals surface area contributed by atoms with Crippen LogP contribution in [0.15, 0.2) is 0 Å². The van der Waals surface area contributed by atoms with E-state index in [0.717, 1.165) is 32.2 Å². The Bertz CT molecular complexity index is 287. The number of halogens is 3. The molecule has 2 rings (SSSR count). The Morgan fingerprint density at radius 1 is 1.26 bits per heavy atom. The second-order valence-electron chi connectivity index (χ2n) is 5.91. The van der Waals surface area contributed by atoms with Crippen molar-refractivity contribution in [3.63, 3.8) is 0 Å². The van der Waals surface area contributed by atoms with E-state index >= 15 is 0 Å². The molecule has 2 aliphatic rings. The maximum Gasteiger partial charge on any atom is 0.391 e. The normalized spacial score (nSPS) is 29.7. The van der Waals surface area contributed by atoms with Gasteiger partial charge < -0.3 is 10.1 Å². The second-order valence-corrected chi connectivity index (χ2v) is 5.91. The zero-order valence-corrected chi connectivity index (χ0v) is 11.6. The molecule has 5 heteroatoms. The van der Waals surface area contributed by atoms with Crippen LogP contribution in [-0.4, -0.2) is 31.5 Å². The van der Waals surface area contributed by atoms with Gasteiger partial charge in [-0.1, -0.05) is 19.8 Å². The molecule has 0 aromatic carbocycles. The summed E-state index contributed by atoms with van der Waals surface area (Å²) >= 11 is 0. The highest BCUT2D eigenvalue weighted by molar-refractivity contribution is 5.09. The third-order valence-corrected chi connectivity index (χ3v) is 4.66. The van der Waals surface area contributed by atoms with E-state index in [1.165, 1.54) is 12.8 Å². The molecule has 112 valence electrons. The Morgan fingerprint density at radius 2 is 1.95 bits per heavy atom. The van der Waals surface area contributed by atoms with E-state index in [1.807, 2.05) is 0 Å². The van der Waals surface area contributed by atoms with Crippen LogP contribution in [0.1, 0.15) is 51.9 Å². The summed E-state index contributed by atoms with van der Waals surface area (Å²) in [5.41, 5.74) is 0.126. The van der Waals surface area contributed by atoms with Crippen LogP contribution in [0.5, 0.6) is 0 Å². The summed E-state index contributed by atoms with van der Waals surface area (Å²) in [6.45, 7) is 2.93. The predicted molar refractivity (Wildman–Crippen MR) is 68.0 cm³/mol. The lowest BCUT2D eigenvalue weighted by Crippen LogP contribution is -2.62. The molecule has 2 unspecified atom stereocenters. The fraction of sp³-hybridized carbons (Fsp3) is 1.00. The van der Waals surface area contributed by atoms with Crippen LogP contribution in [0.2, 0.25) is 0 Å². The third-order valence-electron chi connectivity index (χ3n) is 4.66. The van der Waals surface area contributed by atoms with Crippen LogP contribution < -0.4 is 5.32 Å². The molecule has 0 radical (unpaired) electrons. The zero-order chi connectivity index (χ0) is 13.9. The number of hydrogen-bond acceptors (Lipinski definition) is 2. The minimum Gasteiger partial charge on any atom is -0.377 e. The quantitative estimate of drug-likeness (QED) is 0.801. The van der Waals surface area contributed by atoms with E-state index in [-0.39, 0.29) is 18.1 Å². The van der Waals surface area contributed by atoms with Crippen molar-refractivity contribution >= 4 is 0 Å². The number of hydrogen-bond donors (Lipinski definition) is 1. The van der Waals surface area contributed by atoms with Crippen molar-refractivity contribution in [2.75, 3.05) is 13.2 Å². The lowest BCUT2D eigenvalue weighted by molar-refractivity contribution is -0.176. The van der Waals surface area contributed by atoms with Gasteiger partial charge >= 0.3 is 6.18 Å². The molecule has 2 atom stereocenters. The van der Waals surface area contributed by atoms with Crippen LogP contribution in [0.25, 0.3) is 0 Å². The summed E-state index contributed by atoms with van der Waals surface area (Å²) in [5.74, 6) is 0. The molecule has 0 aromatic heterocycles. The molecule has 0 aromatic rings. The Balaban J connectivity index is 1.81. The standard InChI is InChI=1S/C14H24F3NO/c1-2-8-18-11-10-12(13(11)5-3-4-6-13)19-9-7-14(15,16)17/h11-12,18H,2-10H2,1H3. The molecule has 2 saturated carbocycles. The third kappa shape index (κ3) is 3.43. The predicted octanol–water partition coefficient (Wildman–Crippen LogP) is 3.66. The van der Waals surface area contributed by atoms with Gasteiger partial charge in [0.25, 0.3) is 0 Å². The van der Waals surface area contributed by atoms with Crippen LogP contribution in [-0.2, 0) is 4.74 Å². The second kappa shape index (κ2) is 6.00. The molecular weight excluding hydrogens is 255 g/mol. The average molecular weight is 279 g/mol. The maximum atomic E-state index is 12.1. The highest BCUT2D eigenvalue weighted by Crippen LogP contribution is 2.54. The Morgan fingerprint density at radius 3 is 2.53 bits per heavy atom. The van der Waals surface area contributed by atoms with Gasteiger partial charge in [-0.2, -0.15) is 13.2 Å². The van der Waals surface area contributed by atoms with E-state index in [1.54, 1.807) is 0 Å². The molecule has 1 N–H and O–H groups in total. The molecule has 2 fully saturated rings. The van der Waals surface area contributed by atoms with Crippen LogP contribution in [0.4, 0.5) is 13.2 Å². The average Bonchev–Trinajstić information content (AvgIpc) is 2.82. The Kier molecular flexibility index (Phi) is 4.77. The molecule has 0 saturated heterocycles. The van der Waals surface area contributed by atoms with E-state index in [9.17, 15) is 13.2 Å². The molecule has 0 aliphatic heterocycles. The van der Waals surface area contributed by atoms with Gasteiger partial charge in [0.2, 0.25) is 0 Å². The topological polar surface area (TPSA) is 21.3 Å². The monoisotopic (exact) mass is 279 g/mol. The minimum atomic E-state index is -4.10. The van der Waals surface area contributed by atoms with Crippen molar-refractivity contribution < 1.29 is 17.9 Å². The summed E-state index contributed by atoms with van der Waals surface area (Å²) in [6.07, 6.45) is 1.64. The van der Waals surface area contributed by atoms with E-state index < -0.39 is 12.6 Å². The molecule has 2 nitrogen and oxygen atoms in total. The Labute approximate surface area is 113 Å². The van der Waals surface area contributed by atoms with Gasteiger partial charge in [-0.15, -0.1) is 0 Å². The lowest BCUT2D eigenvalue weighted by Gasteiger charge is -2.54. The first-order valence-corrected chi connectivity index (χ1v) is 7.40. The SMILES string of the molecule is CCCNC1CC(OCCC(F)(F)F)C12CCCC2. The van der Waals surface area contributed by atoms with Crippen molar-refractivity contribution in [3.8, 4) is 0 Å². The molecular formula is C14H24F3NO. The molecule has 19 heavy (non-hydrogen) atoms. The molecule has 2 aliphatic carbocycles. The largest absolute Gasteiger partial charge is 0.391 e. The molecule has 0 bridgehead atoms. The van der Waals surface area contributed by atoms with Gasteiger partial charge in [-0.05, 0) is 32.2 Å². The van der Waals surface area contributed by atoms with Gasteiger partial charge in [0.15, 0.2) is 0 Å². The van der Waals surface area contributed by atoms with Crippen LogP contribution in [0, 0.1) is 5.41 Å². The van der Waals surface area contributed by atoms with Gasteiger partial charge in [0.1, 0.15) is 0 Å². The molecule has 0 heterocycles. The highest BCUT2D eigenvalue weighted by atomic mass is 19.4. The fourth-order valence-electron chi connectivity index (χ4n) is 3.61.